The van der Waals surface area contributed by atoms with Gasteiger partial charge in [0.2, 0.25) is 0 Å². The molecule has 3 rings (SSSR count). The summed E-state index contributed by atoms with van der Waals surface area (Å²) in [6.07, 6.45) is 6.45. The monoisotopic (exact) mass is 205 g/mol. The Kier molecular flexibility index (Phi) is 3.01. The van der Waals surface area contributed by atoms with E-state index in [1.54, 1.807) is 0 Å². The van der Waals surface area contributed by atoms with E-state index in [-0.39, 0.29) is 63.5 Å². The predicted molar refractivity (Wildman–Crippen MR) is 44.7 cm³/mol. The van der Waals surface area contributed by atoms with Gasteiger partial charge in [-0.2, -0.15) is 0 Å². The summed E-state index contributed by atoms with van der Waals surface area (Å²) in [6.45, 7) is 2.59. The van der Waals surface area contributed by atoms with E-state index in [2.05, 4.69) is 4.90 Å². The van der Waals surface area contributed by atoms with E-state index in [1.807, 2.05) is 0 Å². The molecule has 0 N–H and O–H groups in total. The first-order valence-electron chi connectivity index (χ1n) is 5.12. The van der Waals surface area contributed by atoms with E-state index >= 15 is 0 Å². The van der Waals surface area contributed by atoms with Gasteiger partial charge in [0.25, 0.3) is 0 Å². The van der Waals surface area contributed by atoms with Crippen LogP contribution in [0.25, 0.3) is 0 Å². The van der Waals surface area contributed by atoms with E-state index in [0.717, 1.165) is 0 Å². The maximum Gasteiger partial charge on any atom is 1.00 e. The van der Waals surface area contributed by atoms with Gasteiger partial charge in [-0.1, -0.05) is 0 Å². The van der Waals surface area contributed by atoms with Crippen molar-refractivity contribution in [3.8, 4) is 0 Å². The SMILES string of the molecule is [K+].[O-]CC12CCCN1CC1(CC1)C2. The zero-order valence-electron chi connectivity index (χ0n) is 8.51. The quantitative estimate of drug-likeness (QED) is 0.438. The van der Waals surface area contributed by atoms with Crippen molar-refractivity contribution in [2.75, 3.05) is 19.7 Å². The average Bonchev–Trinajstić information content (AvgIpc) is 2.53. The average molecular weight is 205 g/mol. The van der Waals surface area contributed by atoms with Gasteiger partial charge in [-0.3, -0.25) is 4.90 Å². The Morgan fingerprint density at radius 2 is 2.00 bits per heavy atom. The molecule has 0 radical (unpaired) electrons. The van der Waals surface area contributed by atoms with Crippen LogP contribution in [0.1, 0.15) is 32.1 Å². The Morgan fingerprint density at radius 3 is 2.54 bits per heavy atom. The fraction of sp³-hybridized carbons (Fsp3) is 1.00. The third kappa shape index (κ3) is 1.61. The topological polar surface area (TPSA) is 26.3 Å². The molecule has 68 valence electrons. The molecule has 0 aromatic heterocycles. The molecular formula is C10H16KNO. The van der Waals surface area contributed by atoms with Crippen molar-refractivity contribution in [1.29, 1.82) is 0 Å². The molecule has 0 amide bonds. The van der Waals surface area contributed by atoms with Gasteiger partial charge >= 0.3 is 51.4 Å². The van der Waals surface area contributed by atoms with Gasteiger partial charge in [0.1, 0.15) is 0 Å². The molecule has 0 aromatic rings. The summed E-state index contributed by atoms with van der Waals surface area (Å²) in [5.74, 6) is 0. The molecule has 1 atom stereocenters. The van der Waals surface area contributed by atoms with Crippen molar-refractivity contribution in [3.63, 3.8) is 0 Å². The minimum absolute atomic E-state index is 0. The zero-order chi connectivity index (χ0) is 8.23. The van der Waals surface area contributed by atoms with Crippen molar-refractivity contribution >= 4 is 0 Å². The summed E-state index contributed by atoms with van der Waals surface area (Å²) in [4.78, 5) is 2.49. The maximum atomic E-state index is 11.2. The first-order chi connectivity index (χ1) is 5.79. The molecule has 2 nitrogen and oxygen atoms in total. The summed E-state index contributed by atoms with van der Waals surface area (Å²) >= 11 is 0. The Labute approximate surface area is 122 Å². The van der Waals surface area contributed by atoms with Gasteiger partial charge in [0.05, 0.1) is 0 Å². The molecular weight excluding hydrogens is 189 g/mol. The van der Waals surface area contributed by atoms with E-state index in [9.17, 15) is 5.11 Å². The third-order valence-electron chi connectivity index (χ3n) is 4.20. The maximum absolute atomic E-state index is 11.2. The third-order valence-corrected chi connectivity index (χ3v) is 4.20. The molecule has 13 heavy (non-hydrogen) atoms. The smallest absolute Gasteiger partial charge is 0.853 e. The van der Waals surface area contributed by atoms with E-state index in [0.29, 0.717) is 5.41 Å². The zero-order valence-corrected chi connectivity index (χ0v) is 11.6. The van der Waals surface area contributed by atoms with Crippen molar-refractivity contribution in [1.82, 2.24) is 4.90 Å². The van der Waals surface area contributed by atoms with Crippen LogP contribution in [-0.2, 0) is 0 Å². The molecule has 3 aliphatic rings. The predicted octanol–water partition coefficient (Wildman–Crippen LogP) is -2.63. The summed E-state index contributed by atoms with van der Waals surface area (Å²) < 4.78 is 0. The van der Waals surface area contributed by atoms with E-state index in [4.69, 9.17) is 0 Å². The van der Waals surface area contributed by atoms with Crippen LogP contribution >= 0.6 is 0 Å². The van der Waals surface area contributed by atoms with Gasteiger partial charge in [0, 0.05) is 12.1 Å². The first kappa shape index (κ1) is 11.1. The van der Waals surface area contributed by atoms with Crippen LogP contribution < -0.4 is 56.5 Å². The number of hydrogen-bond donors (Lipinski definition) is 0. The molecule has 0 bridgehead atoms. The van der Waals surface area contributed by atoms with Crippen molar-refractivity contribution < 1.29 is 56.5 Å². The van der Waals surface area contributed by atoms with Crippen LogP contribution in [0.2, 0.25) is 0 Å². The normalized spacial score (nSPS) is 40.4. The van der Waals surface area contributed by atoms with E-state index in [1.165, 1.54) is 45.2 Å². The molecule has 0 aromatic carbocycles. The largest absolute Gasteiger partial charge is 1.00 e. The molecule has 3 heteroatoms. The molecule has 3 fully saturated rings. The van der Waals surface area contributed by atoms with Crippen LogP contribution in [0.5, 0.6) is 0 Å². The van der Waals surface area contributed by atoms with Crippen LogP contribution in [-0.4, -0.2) is 30.1 Å². The molecule has 2 aliphatic heterocycles. The van der Waals surface area contributed by atoms with Crippen LogP contribution in [0.4, 0.5) is 0 Å². The molecule has 1 saturated carbocycles. The Balaban J connectivity index is 0.000000653. The summed E-state index contributed by atoms with van der Waals surface area (Å²) in [7, 11) is 0. The fourth-order valence-corrected chi connectivity index (χ4v) is 3.33. The number of nitrogens with zero attached hydrogens (tertiary/aromatic N) is 1. The van der Waals surface area contributed by atoms with Gasteiger partial charge in [-0.25, -0.2) is 0 Å². The van der Waals surface area contributed by atoms with E-state index < -0.39 is 0 Å². The van der Waals surface area contributed by atoms with Gasteiger partial charge in [0.15, 0.2) is 0 Å². The molecule has 1 aliphatic carbocycles. The van der Waals surface area contributed by atoms with Gasteiger partial charge < -0.3 is 5.11 Å². The number of rotatable bonds is 1. The summed E-state index contributed by atoms with van der Waals surface area (Å²) in [6, 6.07) is 0. The minimum atomic E-state index is 0. The molecule has 2 saturated heterocycles. The van der Waals surface area contributed by atoms with Gasteiger partial charge in [-0.15, -0.1) is 6.61 Å². The van der Waals surface area contributed by atoms with Gasteiger partial charge in [-0.05, 0) is 44.1 Å². The van der Waals surface area contributed by atoms with Crippen LogP contribution in [0, 0.1) is 5.41 Å². The minimum Gasteiger partial charge on any atom is -0.853 e. The molecule has 2 heterocycles. The second-order valence-electron chi connectivity index (χ2n) is 5.07. The fourth-order valence-electron chi connectivity index (χ4n) is 3.33. The van der Waals surface area contributed by atoms with Crippen molar-refractivity contribution in [3.05, 3.63) is 0 Å². The molecule has 1 spiro atoms. The Hall–Kier alpha value is 1.56. The van der Waals surface area contributed by atoms with Crippen molar-refractivity contribution in [2.24, 2.45) is 5.41 Å². The number of hydrogen-bond acceptors (Lipinski definition) is 2. The second-order valence-corrected chi connectivity index (χ2v) is 5.07. The standard InChI is InChI=1S/C10H16NO.K/c12-8-10-2-1-5-11(10)7-9(6-10)3-4-9;/h1-8H2;/q-1;+1. The Bertz CT molecular complexity index is 217. The second kappa shape index (κ2) is 3.54. The number of fused-ring (bicyclic) bond motifs is 1. The first-order valence-corrected chi connectivity index (χ1v) is 5.12. The summed E-state index contributed by atoms with van der Waals surface area (Å²) in [5.41, 5.74) is 0.751. The molecule has 1 unspecified atom stereocenters. The summed E-state index contributed by atoms with van der Waals surface area (Å²) in [5, 5.41) is 11.2. The Morgan fingerprint density at radius 1 is 1.23 bits per heavy atom. The van der Waals surface area contributed by atoms with Crippen molar-refractivity contribution in [2.45, 2.75) is 37.6 Å². The van der Waals surface area contributed by atoms with Crippen LogP contribution in [0.3, 0.4) is 0 Å². The van der Waals surface area contributed by atoms with Crippen LogP contribution in [0.15, 0.2) is 0 Å².